The van der Waals surface area contributed by atoms with Gasteiger partial charge in [-0.2, -0.15) is 0 Å². The number of fused-ring (bicyclic) bond motifs is 1. The van der Waals surface area contributed by atoms with Gasteiger partial charge in [-0.1, -0.05) is 24.6 Å². The standard InChI is InChI=1S/C15H14ClNO4/c1-3-9(15(20)21-2)6-7-17-12-8-10(16)4-5-11(12)13(18)14(17)19/h4-6,8H,3,7H2,1-2H3. The first kappa shape index (κ1) is 15.3. The number of hydrogen-bond acceptors (Lipinski definition) is 4. The molecule has 5 nitrogen and oxygen atoms in total. The maximum Gasteiger partial charge on any atom is 0.333 e. The molecule has 0 bridgehead atoms. The SMILES string of the molecule is CCC(=CCN1C(=O)C(=O)c2ccc(Cl)cc21)C(=O)OC. The lowest BCUT2D eigenvalue weighted by Gasteiger charge is -2.15. The van der Waals surface area contributed by atoms with Crippen LogP contribution >= 0.6 is 11.6 Å². The fourth-order valence-electron chi connectivity index (χ4n) is 2.15. The molecular formula is C15H14ClNO4. The third kappa shape index (κ3) is 2.83. The Hall–Kier alpha value is -2.14. The molecule has 6 heteroatoms. The van der Waals surface area contributed by atoms with Crippen LogP contribution in [0.3, 0.4) is 0 Å². The molecule has 0 spiro atoms. The number of rotatable bonds is 4. The van der Waals surface area contributed by atoms with E-state index < -0.39 is 17.7 Å². The van der Waals surface area contributed by atoms with Crippen molar-refractivity contribution in [1.82, 2.24) is 0 Å². The molecule has 2 rings (SSSR count). The third-order valence-corrected chi connectivity index (χ3v) is 3.52. The van der Waals surface area contributed by atoms with E-state index in [0.717, 1.165) is 0 Å². The molecule has 0 radical (unpaired) electrons. The smallest absolute Gasteiger partial charge is 0.333 e. The first-order valence-corrected chi connectivity index (χ1v) is 6.80. The van der Waals surface area contributed by atoms with Gasteiger partial charge in [-0.25, -0.2) is 4.79 Å². The Labute approximate surface area is 127 Å². The van der Waals surface area contributed by atoms with Crippen LogP contribution in [-0.4, -0.2) is 31.3 Å². The number of ether oxygens (including phenoxy) is 1. The van der Waals surface area contributed by atoms with E-state index in [-0.39, 0.29) is 6.54 Å². The largest absolute Gasteiger partial charge is 0.466 e. The highest BCUT2D eigenvalue weighted by atomic mass is 35.5. The summed E-state index contributed by atoms with van der Waals surface area (Å²) in [6, 6.07) is 4.66. The number of ketones is 1. The highest BCUT2D eigenvalue weighted by Crippen LogP contribution is 2.31. The van der Waals surface area contributed by atoms with E-state index in [1.54, 1.807) is 18.2 Å². The highest BCUT2D eigenvalue weighted by Gasteiger charge is 2.35. The molecule has 1 aliphatic heterocycles. The molecule has 1 aromatic carbocycles. The second-order valence-corrected chi connectivity index (χ2v) is 4.92. The molecular weight excluding hydrogens is 294 g/mol. The van der Waals surface area contributed by atoms with Gasteiger partial charge in [0.25, 0.3) is 11.7 Å². The molecule has 110 valence electrons. The molecule has 1 amide bonds. The van der Waals surface area contributed by atoms with Crippen LogP contribution in [0.25, 0.3) is 0 Å². The summed E-state index contributed by atoms with van der Waals surface area (Å²) in [5.41, 5.74) is 1.25. The number of carbonyl (C=O) groups is 3. The van der Waals surface area contributed by atoms with Crippen molar-refractivity contribution in [3.05, 3.63) is 40.4 Å². The number of hydrogen-bond donors (Lipinski definition) is 0. The van der Waals surface area contributed by atoms with Crippen molar-refractivity contribution in [1.29, 1.82) is 0 Å². The molecule has 0 N–H and O–H groups in total. The van der Waals surface area contributed by atoms with Crippen LogP contribution in [0.1, 0.15) is 23.7 Å². The Morgan fingerprint density at radius 1 is 1.38 bits per heavy atom. The number of halogens is 1. The van der Waals surface area contributed by atoms with E-state index in [1.165, 1.54) is 18.1 Å². The average Bonchev–Trinajstić information content (AvgIpc) is 2.71. The minimum absolute atomic E-state index is 0.121. The quantitative estimate of drug-likeness (QED) is 0.487. The van der Waals surface area contributed by atoms with Crippen molar-refractivity contribution in [2.75, 3.05) is 18.6 Å². The molecule has 21 heavy (non-hydrogen) atoms. The lowest BCUT2D eigenvalue weighted by molar-refractivity contribution is -0.136. The van der Waals surface area contributed by atoms with Crippen LogP contribution in [0.4, 0.5) is 5.69 Å². The number of methoxy groups -OCH3 is 1. The van der Waals surface area contributed by atoms with Gasteiger partial charge in [0, 0.05) is 17.1 Å². The summed E-state index contributed by atoms with van der Waals surface area (Å²) in [4.78, 5) is 36.7. The summed E-state index contributed by atoms with van der Waals surface area (Å²) in [6.07, 6.45) is 2.07. The number of nitrogens with zero attached hydrogens (tertiary/aromatic N) is 1. The summed E-state index contributed by atoms with van der Waals surface area (Å²) in [5.74, 6) is -1.63. The van der Waals surface area contributed by atoms with E-state index in [2.05, 4.69) is 4.74 Å². The van der Waals surface area contributed by atoms with Crippen LogP contribution in [0.15, 0.2) is 29.8 Å². The monoisotopic (exact) mass is 307 g/mol. The first-order chi connectivity index (χ1) is 9.99. The van der Waals surface area contributed by atoms with Gasteiger partial charge in [0.2, 0.25) is 0 Å². The van der Waals surface area contributed by atoms with Crippen LogP contribution in [0, 0.1) is 0 Å². The fraction of sp³-hybridized carbons (Fsp3) is 0.267. The summed E-state index contributed by atoms with van der Waals surface area (Å²) >= 11 is 5.91. The number of amides is 1. The molecule has 0 saturated carbocycles. The Kier molecular flexibility index (Phi) is 4.43. The Morgan fingerprint density at radius 2 is 2.10 bits per heavy atom. The third-order valence-electron chi connectivity index (χ3n) is 3.28. The molecule has 1 aliphatic rings. The minimum Gasteiger partial charge on any atom is -0.466 e. The van der Waals surface area contributed by atoms with Crippen LogP contribution in [-0.2, 0) is 14.3 Å². The zero-order valence-electron chi connectivity index (χ0n) is 11.7. The maximum absolute atomic E-state index is 12.0. The van der Waals surface area contributed by atoms with Crippen molar-refractivity contribution in [3.8, 4) is 0 Å². The van der Waals surface area contributed by atoms with Crippen molar-refractivity contribution in [2.45, 2.75) is 13.3 Å². The molecule has 1 aromatic rings. The molecule has 0 fully saturated rings. The van der Waals surface area contributed by atoms with Gasteiger partial charge in [-0.15, -0.1) is 0 Å². The van der Waals surface area contributed by atoms with Crippen LogP contribution < -0.4 is 4.90 Å². The zero-order chi connectivity index (χ0) is 15.6. The molecule has 0 atom stereocenters. The van der Waals surface area contributed by atoms with Gasteiger partial charge in [0.1, 0.15) is 0 Å². The normalized spacial score (nSPS) is 14.4. The maximum atomic E-state index is 12.0. The predicted octanol–water partition coefficient (Wildman–Crippen LogP) is 2.38. The van der Waals surface area contributed by atoms with Crippen LogP contribution in [0.5, 0.6) is 0 Å². The average molecular weight is 308 g/mol. The fourth-order valence-corrected chi connectivity index (χ4v) is 2.32. The lowest BCUT2D eigenvalue weighted by atomic mass is 10.1. The highest BCUT2D eigenvalue weighted by molar-refractivity contribution is 6.52. The summed E-state index contributed by atoms with van der Waals surface area (Å²) in [6.45, 7) is 1.93. The number of esters is 1. The Bertz CT molecular complexity index is 651. The van der Waals surface area contributed by atoms with Crippen molar-refractivity contribution in [2.24, 2.45) is 0 Å². The first-order valence-electron chi connectivity index (χ1n) is 6.42. The number of carbonyl (C=O) groups excluding carboxylic acids is 3. The van der Waals surface area contributed by atoms with Gasteiger partial charge in [-0.05, 0) is 24.6 Å². The molecule has 0 unspecified atom stereocenters. The zero-order valence-corrected chi connectivity index (χ0v) is 12.4. The van der Waals surface area contributed by atoms with Crippen molar-refractivity contribution >= 4 is 34.9 Å². The number of anilines is 1. The van der Waals surface area contributed by atoms with Gasteiger partial charge in [0.15, 0.2) is 0 Å². The predicted molar refractivity (Wildman–Crippen MR) is 78.5 cm³/mol. The number of benzene rings is 1. The molecule has 0 aliphatic carbocycles. The van der Waals surface area contributed by atoms with E-state index in [1.807, 2.05) is 6.92 Å². The van der Waals surface area contributed by atoms with E-state index in [0.29, 0.717) is 28.3 Å². The summed E-state index contributed by atoms with van der Waals surface area (Å²) in [7, 11) is 1.30. The second-order valence-electron chi connectivity index (χ2n) is 4.48. The van der Waals surface area contributed by atoms with E-state index in [9.17, 15) is 14.4 Å². The number of Topliss-reactive ketones (excluding diaryl/α,β-unsaturated/α-hetero) is 1. The Balaban J connectivity index is 2.31. The van der Waals surface area contributed by atoms with E-state index in [4.69, 9.17) is 11.6 Å². The minimum atomic E-state index is -0.621. The second kappa shape index (κ2) is 6.10. The molecule has 0 saturated heterocycles. The molecule has 0 aromatic heterocycles. The van der Waals surface area contributed by atoms with Crippen molar-refractivity contribution in [3.63, 3.8) is 0 Å². The lowest BCUT2D eigenvalue weighted by Crippen LogP contribution is -2.30. The van der Waals surface area contributed by atoms with Crippen molar-refractivity contribution < 1.29 is 19.1 Å². The van der Waals surface area contributed by atoms with Gasteiger partial charge in [-0.3, -0.25) is 9.59 Å². The van der Waals surface area contributed by atoms with Gasteiger partial charge >= 0.3 is 5.97 Å². The van der Waals surface area contributed by atoms with Gasteiger partial charge in [0.05, 0.1) is 18.4 Å². The topological polar surface area (TPSA) is 63.7 Å². The molecule has 1 heterocycles. The summed E-state index contributed by atoms with van der Waals surface area (Å²) in [5, 5.41) is 0.439. The van der Waals surface area contributed by atoms with Crippen LogP contribution in [0.2, 0.25) is 5.02 Å². The Morgan fingerprint density at radius 3 is 2.71 bits per heavy atom. The van der Waals surface area contributed by atoms with E-state index >= 15 is 0 Å². The summed E-state index contributed by atoms with van der Waals surface area (Å²) < 4.78 is 4.66. The van der Waals surface area contributed by atoms with Gasteiger partial charge < -0.3 is 9.64 Å².